The molecule has 0 saturated heterocycles. The number of carbonyl (C=O) groups excluding carboxylic acids is 1. The van der Waals surface area contributed by atoms with E-state index in [2.05, 4.69) is 15.5 Å². The van der Waals surface area contributed by atoms with Gasteiger partial charge in [0.1, 0.15) is 11.5 Å². The summed E-state index contributed by atoms with van der Waals surface area (Å²) >= 11 is 0. The van der Waals surface area contributed by atoms with Crippen LogP contribution in [0.1, 0.15) is 29.1 Å². The van der Waals surface area contributed by atoms with Gasteiger partial charge in [-0.05, 0) is 37.8 Å². The van der Waals surface area contributed by atoms with Crippen molar-refractivity contribution < 1.29 is 9.21 Å². The lowest BCUT2D eigenvalue weighted by molar-refractivity contribution is 0.0945. The minimum Gasteiger partial charge on any atom is -0.460 e. The highest BCUT2D eigenvalue weighted by atomic mass is 16.3. The molecule has 20 heavy (non-hydrogen) atoms. The van der Waals surface area contributed by atoms with E-state index in [0.29, 0.717) is 29.6 Å². The number of amides is 1. The summed E-state index contributed by atoms with van der Waals surface area (Å²) in [6.07, 6.45) is 2.34. The number of nitrogens with zero attached hydrogens (tertiary/aromatic N) is 1. The molecule has 0 spiro atoms. The van der Waals surface area contributed by atoms with Gasteiger partial charge >= 0.3 is 0 Å². The van der Waals surface area contributed by atoms with Crippen LogP contribution in [0.15, 0.2) is 22.6 Å². The van der Waals surface area contributed by atoms with Crippen LogP contribution in [0.2, 0.25) is 0 Å². The maximum atomic E-state index is 12.0. The molecule has 2 aromatic heterocycles. The fraction of sp³-hybridized carbons (Fsp3) is 0.429. The molecule has 6 nitrogen and oxygen atoms in total. The number of H-pyrrole nitrogens is 1. The molecule has 6 heteroatoms. The summed E-state index contributed by atoms with van der Waals surface area (Å²) in [7, 11) is 0. The molecule has 1 atom stereocenters. The van der Waals surface area contributed by atoms with Crippen molar-refractivity contribution in [2.24, 2.45) is 11.7 Å². The average Bonchev–Trinajstić information content (AvgIpc) is 3.01. The van der Waals surface area contributed by atoms with Crippen LogP contribution in [0.3, 0.4) is 0 Å². The van der Waals surface area contributed by atoms with Gasteiger partial charge in [0.05, 0.1) is 0 Å². The second kappa shape index (κ2) is 5.13. The zero-order valence-corrected chi connectivity index (χ0v) is 11.3. The lowest BCUT2D eigenvalue weighted by Gasteiger charge is -2.10. The molecule has 1 unspecified atom stereocenters. The van der Waals surface area contributed by atoms with Gasteiger partial charge in [0.25, 0.3) is 5.91 Å². The van der Waals surface area contributed by atoms with Crippen LogP contribution in [0.5, 0.6) is 0 Å². The summed E-state index contributed by atoms with van der Waals surface area (Å²) in [6, 6.07) is 5.43. The van der Waals surface area contributed by atoms with Crippen molar-refractivity contribution in [2.45, 2.75) is 25.8 Å². The standard InChI is InChI=1S/C14H18N4O2/c1-8-2-5-13(20-8)11-6-12(18-17-11)14(19)16-7-10(15)9-3-4-9/h2,5-6,9-10H,3-4,7,15H2,1H3,(H,16,19)(H,17,18). The van der Waals surface area contributed by atoms with Crippen molar-refractivity contribution >= 4 is 5.91 Å². The van der Waals surface area contributed by atoms with Gasteiger partial charge in [0.2, 0.25) is 0 Å². The third kappa shape index (κ3) is 2.75. The highest BCUT2D eigenvalue weighted by Gasteiger charge is 2.28. The van der Waals surface area contributed by atoms with Gasteiger partial charge in [-0.3, -0.25) is 9.89 Å². The minimum atomic E-state index is -0.216. The maximum absolute atomic E-state index is 12.0. The van der Waals surface area contributed by atoms with Crippen molar-refractivity contribution in [3.63, 3.8) is 0 Å². The molecule has 1 aliphatic rings. The Morgan fingerprint density at radius 2 is 2.40 bits per heavy atom. The van der Waals surface area contributed by atoms with Crippen molar-refractivity contribution in [3.8, 4) is 11.5 Å². The Morgan fingerprint density at radius 1 is 1.60 bits per heavy atom. The van der Waals surface area contributed by atoms with E-state index in [-0.39, 0.29) is 11.9 Å². The fourth-order valence-corrected chi connectivity index (χ4v) is 2.14. The first-order valence-electron chi connectivity index (χ1n) is 6.79. The number of furan rings is 1. The Labute approximate surface area is 116 Å². The molecule has 4 N–H and O–H groups in total. The molecular formula is C14H18N4O2. The van der Waals surface area contributed by atoms with Gasteiger partial charge in [-0.25, -0.2) is 0 Å². The minimum absolute atomic E-state index is 0.0464. The van der Waals surface area contributed by atoms with E-state index in [0.717, 1.165) is 5.76 Å². The topological polar surface area (TPSA) is 96.9 Å². The quantitative estimate of drug-likeness (QED) is 0.768. The van der Waals surface area contributed by atoms with Crippen LogP contribution in [-0.4, -0.2) is 28.7 Å². The Bertz CT molecular complexity index is 612. The summed E-state index contributed by atoms with van der Waals surface area (Å²) in [4.78, 5) is 12.0. The molecule has 1 aliphatic carbocycles. The van der Waals surface area contributed by atoms with Crippen molar-refractivity contribution in [1.29, 1.82) is 0 Å². The molecule has 2 aromatic rings. The number of rotatable bonds is 5. The molecule has 3 rings (SSSR count). The first-order valence-corrected chi connectivity index (χ1v) is 6.79. The van der Waals surface area contributed by atoms with Crippen molar-refractivity contribution in [3.05, 3.63) is 29.7 Å². The van der Waals surface area contributed by atoms with Gasteiger partial charge in [0, 0.05) is 18.7 Å². The van der Waals surface area contributed by atoms with E-state index in [1.165, 1.54) is 12.8 Å². The fourth-order valence-electron chi connectivity index (χ4n) is 2.14. The van der Waals surface area contributed by atoms with Crippen molar-refractivity contribution in [1.82, 2.24) is 15.5 Å². The van der Waals surface area contributed by atoms with Crippen LogP contribution in [0.4, 0.5) is 0 Å². The molecule has 0 radical (unpaired) electrons. The highest BCUT2D eigenvalue weighted by molar-refractivity contribution is 5.93. The van der Waals surface area contributed by atoms with Gasteiger partial charge in [0.15, 0.2) is 11.5 Å². The first kappa shape index (κ1) is 12.9. The number of aromatic nitrogens is 2. The Kier molecular flexibility index (Phi) is 3.31. The van der Waals surface area contributed by atoms with Crippen molar-refractivity contribution in [2.75, 3.05) is 6.54 Å². The number of nitrogens with two attached hydrogens (primary N) is 1. The zero-order chi connectivity index (χ0) is 14.1. The monoisotopic (exact) mass is 274 g/mol. The van der Waals surface area contributed by atoms with Crippen LogP contribution < -0.4 is 11.1 Å². The van der Waals surface area contributed by atoms with E-state index >= 15 is 0 Å². The number of carbonyl (C=O) groups is 1. The number of hydrogen-bond donors (Lipinski definition) is 3. The van der Waals surface area contributed by atoms with E-state index < -0.39 is 0 Å². The molecule has 2 heterocycles. The molecule has 1 saturated carbocycles. The molecule has 1 amide bonds. The van der Waals surface area contributed by atoms with Gasteiger partial charge in [-0.2, -0.15) is 5.10 Å². The lowest BCUT2D eigenvalue weighted by Crippen LogP contribution is -2.38. The Morgan fingerprint density at radius 3 is 3.05 bits per heavy atom. The largest absolute Gasteiger partial charge is 0.460 e. The maximum Gasteiger partial charge on any atom is 0.271 e. The molecule has 0 aliphatic heterocycles. The van der Waals surface area contributed by atoms with E-state index in [1.54, 1.807) is 6.07 Å². The molecular weight excluding hydrogens is 256 g/mol. The normalized spacial score (nSPS) is 16.1. The van der Waals surface area contributed by atoms with Gasteiger partial charge in [-0.15, -0.1) is 0 Å². The Hall–Kier alpha value is -2.08. The number of aromatic amines is 1. The smallest absolute Gasteiger partial charge is 0.271 e. The number of hydrogen-bond acceptors (Lipinski definition) is 4. The summed E-state index contributed by atoms with van der Waals surface area (Å²) in [5.74, 6) is 1.84. The molecule has 106 valence electrons. The summed E-state index contributed by atoms with van der Waals surface area (Å²) in [5.41, 5.74) is 6.98. The van der Waals surface area contributed by atoms with E-state index in [4.69, 9.17) is 10.2 Å². The highest BCUT2D eigenvalue weighted by Crippen LogP contribution is 2.31. The number of aryl methyl sites for hydroxylation is 1. The zero-order valence-electron chi connectivity index (χ0n) is 11.3. The summed E-state index contributed by atoms with van der Waals surface area (Å²) < 4.78 is 5.48. The second-order valence-corrected chi connectivity index (χ2v) is 5.29. The average molecular weight is 274 g/mol. The van der Waals surface area contributed by atoms with E-state index in [9.17, 15) is 4.79 Å². The molecule has 1 fully saturated rings. The first-order chi connectivity index (χ1) is 9.63. The second-order valence-electron chi connectivity index (χ2n) is 5.29. The van der Waals surface area contributed by atoms with Crippen LogP contribution in [0.25, 0.3) is 11.5 Å². The third-order valence-electron chi connectivity index (χ3n) is 3.54. The third-order valence-corrected chi connectivity index (χ3v) is 3.54. The lowest BCUT2D eigenvalue weighted by atomic mass is 10.2. The summed E-state index contributed by atoms with van der Waals surface area (Å²) in [6.45, 7) is 2.36. The Balaban J connectivity index is 1.62. The van der Waals surface area contributed by atoms with Crippen LogP contribution >= 0.6 is 0 Å². The predicted octanol–water partition coefficient (Wildman–Crippen LogP) is 1.45. The van der Waals surface area contributed by atoms with Crippen LogP contribution in [0, 0.1) is 12.8 Å². The molecule has 0 aromatic carbocycles. The SMILES string of the molecule is Cc1ccc(-c2cc(C(=O)NCC(N)C3CC3)n[nH]2)o1. The number of nitrogens with one attached hydrogen (secondary N) is 2. The molecule has 0 bridgehead atoms. The van der Waals surface area contributed by atoms with Crippen LogP contribution in [-0.2, 0) is 0 Å². The predicted molar refractivity (Wildman–Crippen MR) is 74.1 cm³/mol. The van der Waals surface area contributed by atoms with E-state index in [1.807, 2.05) is 19.1 Å². The summed E-state index contributed by atoms with van der Waals surface area (Å²) in [5, 5.41) is 9.62. The van der Waals surface area contributed by atoms with Gasteiger partial charge in [-0.1, -0.05) is 0 Å². The van der Waals surface area contributed by atoms with Gasteiger partial charge < -0.3 is 15.5 Å².